The van der Waals surface area contributed by atoms with Gasteiger partial charge in [0.05, 0.1) is 23.0 Å². The highest BCUT2D eigenvalue weighted by molar-refractivity contribution is 6.06. The molecule has 0 radical (unpaired) electrons. The zero-order valence-electron chi connectivity index (χ0n) is 18.1. The van der Waals surface area contributed by atoms with Crippen LogP contribution in [0.1, 0.15) is 28.5 Å². The van der Waals surface area contributed by atoms with E-state index >= 15 is 0 Å². The molecule has 0 spiro atoms. The van der Waals surface area contributed by atoms with Crippen LogP contribution < -0.4 is 15.4 Å². The van der Waals surface area contributed by atoms with Gasteiger partial charge in [0.15, 0.2) is 0 Å². The number of aromatic nitrogens is 3. The third-order valence-electron chi connectivity index (χ3n) is 5.65. The van der Waals surface area contributed by atoms with E-state index in [-0.39, 0.29) is 12.0 Å². The van der Waals surface area contributed by atoms with Crippen molar-refractivity contribution in [3.63, 3.8) is 0 Å². The van der Waals surface area contributed by atoms with Gasteiger partial charge in [-0.2, -0.15) is 0 Å². The molecule has 4 heterocycles. The molecular weight excluding hydrogens is 402 g/mol. The molecule has 1 aliphatic heterocycles. The highest BCUT2D eigenvalue weighted by atomic mass is 16.5. The van der Waals surface area contributed by atoms with E-state index < -0.39 is 0 Å². The van der Waals surface area contributed by atoms with Gasteiger partial charge in [-0.25, -0.2) is 4.98 Å². The summed E-state index contributed by atoms with van der Waals surface area (Å²) in [6, 6.07) is 11.5. The zero-order valence-corrected chi connectivity index (χ0v) is 18.1. The number of fused-ring (bicyclic) bond motifs is 2. The molecule has 0 aliphatic carbocycles. The van der Waals surface area contributed by atoms with E-state index in [4.69, 9.17) is 4.74 Å². The van der Waals surface area contributed by atoms with Crippen LogP contribution in [0.25, 0.3) is 22.0 Å². The molecule has 1 aliphatic rings. The lowest BCUT2D eigenvalue weighted by Gasteiger charge is -2.12. The van der Waals surface area contributed by atoms with Crippen molar-refractivity contribution >= 4 is 28.3 Å². The molecule has 1 unspecified atom stereocenters. The van der Waals surface area contributed by atoms with E-state index in [2.05, 4.69) is 25.6 Å². The van der Waals surface area contributed by atoms with E-state index in [9.17, 15) is 4.79 Å². The van der Waals surface area contributed by atoms with Crippen molar-refractivity contribution in [1.29, 1.82) is 0 Å². The number of ether oxygens (including phenoxy) is 1. The summed E-state index contributed by atoms with van der Waals surface area (Å²) in [4.78, 5) is 26.4. The van der Waals surface area contributed by atoms with Crippen LogP contribution in [0.15, 0.2) is 55.0 Å². The molecule has 5 rings (SSSR count). The Morgan fingerprint density at radius 3 is 2.81 bits per heavy atom. The average molecular weight is 425 g/mol. The lowest BCUT2D eigenvalue weighted by Crippen LogP contribution is -2.14. The van der Waals surface area contributed by atoms with Crippen LogP contribution in [0.4, 0.5) is 11.5 Å². The summed E-state index contributed by atoms with van der Waals surface area (Å²) < 4.78 is 5.87. The van der Waals surface area contributed by atoms with Crippen LogP contribution in [0.3, 0.4) is 0 Å². The van der Waals surface area contributed by atoms with Gasteiger partial charge in [0.2, 0.25) is 0 Å². The van der Waals surface area contributed by atoms with Crippen LogP contribution in [0.2, 0.25) is 0 Å². The van der Waals surface area contributed by atoms with Crippen LogP contribution in [0, 0.1) is 6.92 Å². The number of nitrogens with zero attached hydrogens (tertiary/aromatic N) is 3. The van der Waals surface area contributed by atoms with Gasteiger partial charge in [-0.05, 0) is 37.6 Å². The summed E-state index contributed by atoms with van der Waals surface area (Å²) in [5.74, 6) is 1.23. The highest BCUT2D eigenvalue weighted by Gasteiger charge is 2.25. The zero-order chi connectivity index (χ0) is 22.2. The predicted molar refractivity (Wildman–Crippen MR) is 125 cm³/mol. The Morgan fingerprint density at radius 2 is 1.97 bits per heavy atom. The molecule has 7 nitrogen and oxygen atoms in total. The van der Waals surface area contributed by atoms with E-state index in [0.717, 1.165) is 45.5 Å². The first kappa shape index (κ1) is 19.9. The summed E-state index contributed by atoms with van der Waals surface area (Å²) in [5.41, 5.74) is 5.73. The lowest BCUT2D eigenvalue weighted by atomic mass is 10.0. The molecule has 4 aromatic rings. The van der Waals surface area contributed by atoms with Crippen LogP contribution in [0.5, 0.6) is 5.75 Å². The Balaban J connectivity index is 1.45. The number of hydrogen-bond acceptors (Lipinski definition) is 6. The second kappa shape index (κ2) is 7.92. The van der Waals surface area contributed by atoms with Crippen LogP contribution in [-0.2, 0) is 6.42 Å². The number of rotatable bonds is 4. The Morgan fingerprint density at radius 1 is 1.09 bits per heavy atom. The normalized spacial score (nSPS) is 14.7. The SMILES string of the molecule is CNc1cc2ncc(-c3cc(NC(=O)c4cccc5c4OC(C)C5)cnc3C)cc2cn1. The van der Waals surface area contributed by atoms with E-state index in [1.54, 1.807) is 18.5 Å². The smallest absolute Gasteiger partial charge is 0.259 e. The number of para-hydroxylation sites is 1. The Labute approximate surface area is 185 Å². The van der Waals surface area contributed by atoms with Gasteiger partial charge in [-0.3, -0.25) is 14.8 Å². The van der Waals surface area contributed by atoms with Gasteiger partial charge in [0, 0.05) is 54.1 Å². The van der Waals surface area contributed by atoms with Gasteiger partial charge in [0.25, 0.3) is 5.91 Å². The number of nitrogens with one attached hydrogen (secondary N) is 2. The van der Waals surface area contributed by atoms with E-state index in [0.29, 0.717) is 17.0 Å². The number of pyridine rings is 3. The Hall–Kier alpha value is -4.00. The second-order valence-corrected chi connectivity index (χ2v) is 7.97. The van der Waals surface area contributed by atoms with Gasteiger partial charge >= 0.3 is 0 Å². The number of hydrogen-bond donors (Lipinski definition) is 2. The topological polar surface area (TPSA) is 89.0 Å². The molecule has 0 fully saturated rings. The standard InChI is InChI=1S/C25H23N5O2/c1-14-7-16-5-4-6-20(24(16)32-14)25(31)30-19-9-21(15(2)27-13-19)17-8-18-12-29-23(26-3)10-22(18)28-11-17/h4-6,8-14H,7H2,1-3H3,(H,26,29)(H,30,31). The molecule has 1 aromatic carbocycles. The maximum absolute atomic E-state index is 13.0. The fourth-order valence-corrected chi connectivity index (χ4v) is 4.01. The van der Waals surface area contributed by atoms with Crippen LogP contribution in [-0.4, -0.2) is 34.0 Å². The van der Waals surface area contributed by atoms with Crippen molar-refractivity contribution in [2.75, 3.05) is 17.7 Å². The quantitative estimate of drug-likeness (QED) is 0.496. The number of amides is 1. The predicted octanol–water partition coefficient (Wildman–Crippen LogP) is 4.62. The molecule has 7 heteroatoms. The largest absolute Gasteiger partial charge is 0.489 e. The monoisotopic (exact) mass is 425 g/mol. The van der Waals surface area contributed by atoms with Gasteiger partial charge in [0.1, 0.15) is 17.7 Å². The minimum absolute atomic E-state index is 0.0747. The van der Waals surface area contributed by atoms with Gasteiger partial charge in [-0.1, -0.05) is 12.1 Å². The number of carbonyl (C=O) groups is 1. The fraction of sp³-hybridized carbons (Fsp3) is 0.200. The van der Waals surface area contributed by atoms with E-state index in [1.807, 2.05) is 57.4 Å². The summed E-state index contributed by atoms with van der Waals surface area (Å²) >= 11 is 0. The molecule has 0 bridgehead atoms. The fourth-order valence-electron chi connectivity index (χ4n) is 4.01. The molecule has 2 N–H and O–H groups in total. The van der Waals surface area contributed by atoms with Crippen LogP contribution >= 0.6 is 0 Å². The molecule has 32 heavy (non-hydrogen) atoms. The minimum atomic E-state index is -0.215. The lowest BCUT2D eigenvalue weighted by molar-refractivity contribution is 0.102. The third kappa shape index (κ3) is 3.62. The first-order valence-corrected chi connectivity index (χ1v) is 10.5. The molecule has 1 amide bonds. The van der Waals surface area contributed by atoms with Crippen molar-refractivity contribution in [2.24, 2.45) is 0 Å². The highest BCUT2D eigenvalue weighted by Crippen LogP contribution is 2.33. The summed E-state index contributed by atoms with van der Waals surface area (Å²) in [6.07, 6.45) is 6.16. The number of benzene rings is 1. The molecule has 0 saturated heterocycles. The van der Waals surface area contributed by atoms with E-state index in [1.165, 1.54) is 0 Å². The Bertz CT molecular complexity index is 1350. The molecule has 0 saturated carbocycles. The molecule has 3 aromatic heterocycles. The number of carbonyl (C=O) groups excluding carboxylic acids is 1. The maximum Gasteiger partial charge on any atom is 0.259 e. The maximum atomic E-state index is 13.0. The minimum Gasteiger partial charge on any atom is -0.489 e. The number of anilines is 2. The first-order chi connectivity index (χ1) is 15.5. The average Bonchev–Trinajstić information content (AvgIpc) is 3.19. The van der Waals surface area contributed by atoms with Crippen molar-refractivity contribution < 1.29 is 9.53 Å². The summed E-state index contributed by atoms with van der Waals surface area (Å²) in [6.45, 7) is 3.94. The van der Waals surface area contributed by atoms with Gasteiger partial charge in [-0.15, -0.1) is 0 Å². The Kier molecular flexibility index (Phi) is 4.93. The number of aryl methyl sites for hydroxylation is 1. The third-order valence-corrected chi connectivity index (χ3v) is 5.65. The summed E-state index contributed by atoms with van der Waals surface area (Å²) in [5, 5.41) is 6.92. The summed E-state index contributed by atoms with van der Waals surface area (Å²) in [7, 11) is 1.83. The molecular formula is C25H23N5O2. The first-order valence-electron chi connectivity index (χ1n) is 10.5. The van der Waals surface area contributed by atoms with Gasteiger partial charge < -0.3 is 15.4 Å². The van der Waals surface area contributed by atoms with Crippen molar-refractivity contribution in [3.8, 4) is 16.9 Å². The molecule has 160 valence electrons. The molecule has 1 atom stereocenters. The second-order valence-electron chi connectivity index (χ2n) is 7.97. The van der Waals surface area contributed by atoms with Crippen molar-refractivity contribution in [3.05, 3.63) is 71.8 Å². The van der Waals surface area contributed by atoms with Crippen molar-refractivity contribution in [1.82, 2.24) is 15.0 Å². The van der Waals surface area contributed by atoms with Crippen molar-refractivity contribution in [2.45, 2.75) is 26.4 Å².